The monoisotopic (exact) mass is 280 g/mol. The molecule has 0 aliphatic rings. The minimum absolute atomic E-state index is 0. The van der Waals surface area contributed by atoms with Crippen molar-refractivity contribution in [2.24, 2.45) is 0 Å². The van der Waals surface area contributed by atoms with E-state index in [1.807, 2.05) is 31.2 Å². The molecule has 0 spiro atoms. The maximum Gasteiger partial charge on any atom is 0.0371 e. The predicted octanol–water partition coefficient (Wildman–Crippen LogP) is 2.24. The molecule has 64 valence electrons. The predicted molar refractivity (Wildman–Crippen MR) is 54.8 cm³/mol. The fourth-order valence-corrected chi connectivity index (χ4v) is 0.990. The number of hydrogen-bond donors (Lipinski definition) is 1. The maximum absolute atomic E-state index is 4.71. The zero-order valence-corrected chi connectivity index (χ0v) is 10.2. The number of anilines is 1. The Labute approximate surface area is 97.6 Å². The molecule has 0 aliphatic carbocycles. The Morgan fingerprint density at radius 1 is 1.33 bits per heavy atom. The summed E-state index contributed by atoms with van der Waals surface area (Å²) in [6, 6.07) is 7.92. The van der Waals surface area contributed by atoms with Crippen LogP contribution in [0.1, 0.15) is 5.56 Å². The van der Waals surface area contributed by atoms with Crippen LogP contribution in [0, 0.1) is 6.92 Å². The Morgan fingerprint density at radius 3 is 2.25 bits per heavy atom. The molecule has 1 nitrogen and oxygen atoms in total. The van der Waals surface area contributed by atoms with Crippen LogP contribution in [0.2, 0.25) is 0 Å². The van der Waals surface area contributed by atoms with E-state index in [0.717, 1.165) is 5.69 Å². The van der Waals surface area contributed by atoms with Crippen LogP contribution in [-0.2, 0) is 33.7 Å². The van der Waals surface area contributed by atoms with E-state index in [4.69, 9.17) is 24.8 Å². The minimum atomic E-state index is 0. The van der Waals surface area contributed by atoms with Gasteiger partial charge in [-0.15, -0.1) is 0 Å². The zero-order chi connectivity index (χ0) is 8.27. The van der Waals surface area contributed by atoms with Gasteiger partial charge < -0.3 is 30.2 Å². The van der Waals surface area contributed by atoms with Gasteiger partial charge in [-0.2, -0.15) is 0 Å². The quantitative estimate of drug-likeness (QED) is 0.481. The second kappa shape index (κ2) is 5.63. The molecule has 0 atom stereocenters. The van der Waals surface area contributed by atoms with E-state index in [9.17, 15) is 0 Å². The van der Waals surface area contributed by atoms with Crippen LogP contribution in [0.15, 0.2) is 24.3 Å². The summed E-state index contributed by atoms with van der Waals surface area (Å²) in [5, 5.41) is 2.88. The SMILES string of the molecule is Cc1ccc(NC(=S)[S-])cc1.[Mo]. The molecule has 0 fully saturated rings. The summed E-state index contributed by atoms with van der Waals surface area (Å²) in [4.78, 5) is 0. The Balaban J connectivity index is 0.00000121. The second-order valence-corrected chi connectivity index (χ2v) is 3.35. The van der Waals surface area contributed by atoms with Gasteiger partial charge >= 0.3 is 0 Å². The molecule has 0 saturated carbocycles. The summed E-state index contributed by atoms with van der Waals surface area (Å²) in [5.41, 5.74) is 2.18. The number of thiocarbonyl (C=S) groups is 1. The average molecular weight is 278 g/mol. The van der Waals surface area contributed by atoms with E-state index in [1.54, 1.807) is 0 Å². The molecule has 1 aromatic carbocycles. The van der Waals surface area contributed by atoms with Gasteiger partial charge in [0.2, 0.25) is 0 Å². The molecule has 0 heterocycles. The molecule has 0 amide bonds. The Morgan fingerprint density at radius 2 is 1.83 bits per heavy atom. The molecule has 0 radical (unpaired) electrons. The summed E-state index contributed by atoms with van der Waals surface area (Å²) in [6.45, 7) is 2.04. The van der Waals surface area contributed by atoms with Gasteiger partial charge in [-0.1, -0.05) is 22.0 Å². The van der Waals surface area contributed by atoms with Gasteiger partial charge in [0.1, 0.15) is 0 Å². The maximum atomic E-state index is 4.71. The Bertz CT molecular complexity index is 258. The molecule has 1 rings (SSSR count). The van der Waals surface area contributed by atoms with Crippen molar-refractivity contribution in [1.29, 1.82) is 0 Å². The van der Waals surface area contributed by atoms with Gasteiger partial charge in [-0.3, -0.25) is 0 Å². The van der Waals surface area contributed by atoms with E-state index in [1.165, 1.54) is 5.56 Å². The third-order valence-electron chi connectivity index (χ3n) is 1.30. The van der Waals surface area contributed by atoms with Crippen molar-refractivity contribution >= 4 is 34.9 Å². The van der Waals surface area contributed by atoms with Gasteiger partial charge in [0, 0.05) is 26.8 Å². The first kappa shape index (κ1) is 12.0. The van der Waals surface area contributed by atoms with Crippen LogP contribution < -0.4 is 5.32 Å². The summed E-state index contributed by atoms with van der Waals surface area (Å²) in [7, 11) is 0. The zero-order valence-electron chi connectivity index (χ0n) is 6.53. The van der Waals surface area contributed by atoms with Crippen LogP contribution in [-0.4, -0.2) is 4.32 Å². The molecular weight excluding hydrogens is 270 g/mol. The molecule has 4 heteroatoms. The van der Waals surface area contributed by atoms with Crippen molar-refractivity contribution in [3.8, 4) is 0 Å². The summed E-state index contributed by atoms with van der Waals surface area (Å²) in [6.07, 6.45) is 0. The largest absolute Gasteiger partial charge is 0.411 e. The van der Waals surface area contributed by atoms with Crippen molar-refractivity contribution in [3.05, 3.63) is 29.8 Å². The molecule has 0 aromatic heterocycles. The molecule has 0 aliphatic heterocycles. The minimum Gasteiger partial charge on any atom is -0.411 e. The molecule has 1 aromatic rings. The van der Waals surface area contributed by atoms with Crippen LogP contribution in [0.3, 0.4) is 0 Å². The van der Waals surface area contributed by atoms with Gasteiger partial charge in [0.25, 0.3) is 0 Å². The molecular formula is C8H8MoNS2-. The van der Waals surface area contributed by atoms with Gasteiger partial charge in [0.15, 0.2) is 0 Å². The van der Waals surface area contributed by atoms with Gasteiger partial charge in [-0.05, 0) is 19.1 Å². The fraction of sp³-hybridized carbons (Fsp3) is 0.125. The van der Waals surface area contributed by atoms with Crippen LogP contribution >= 0.6 is 12.2 Å². The van der Waals surface area contributed by atoms with Crippen molar-refractivity contribution < 1.29 is 21.1 Å². The topological polar surface area (TPSA) is 12.0 Å². The second-order valence-electron chi connectivity index (χ2n) is 2.28. The Kier molecular flexibility index (Phi) is 5.64. The number of aryl methyl sites for hydroxylation is 1. The van der Waals surface area contributed by atoms with E-state index in [2.05, 4.69) is 5.32 Å². The van der Waals surface area contributed by atoms with E-state index in [0.29, 0.717) is 4.32 Å². The smallest absolute Gasteiger partial charge is 0.0371 e. The van der Waals surface area contributed by atoms with E-state index in [-0.39, 0.29) is 21.1 Å². The first-order valence-electron chi connectivity index (χ1n) is 3.23. The van der Waals surface area contributed by atoms with Crippen LogP contribution in [0.5, 0.6) is 0 Å². The molecule has 0 bridgehead atoms. The molecule has 12 heavy (non-hydrogen) atoms. The van der Waals surface area contributed by atoms with E-state index >= 15 is 0 Å². The van der Waals surface area contributed by atoms with Crippen molar-refractivity contribution in [2.75, 3.05) is 5.32 Å². The van der Waals surface area contributed by atoms with Crippen LogP contribution in [0.4, 0.5) is 5.69 Å². The van der Waals surface area contributed by atoms with Crippen molar-refractivity contribution in [3.63, 3.8) is 0 Å². The summed E-state index contributed by atoms with van der Waals surface area (Å²) >= 11 is 9.43. The normalized spacial score (nSPS) is 8.42. The van der Waals surface area contributed by atoms with Gasteiger partial charge in [0.05, 0.1) is 0 Å². The van der Waals surface area contributed by atoms with E-state index < -0.39 is 0 Å². The number of hydrogen-bond acceptors (Lipinski definition) is 2. The first-order chi connectivity index (χ1) is 5.18. The molecule has 0 saturated heterocycles. The summed E-state index contributed by atoms with van der Waals surface area (Å²) in [5.74, 6) is 0. The van der Waals surface area contributed by atoms with Crippen molar-refractivity contribution in [2.45, 2.75) is 6.92 Å². The molecule has 0 unspecified atom stereocenters. The van der Waals surface area contributed by atoms with Crippen molar-refractivity contribution in [1.82, 2.24) is 0 Å². The standard InChI is InChI=1S/C8H9NS2.Mo/c1-6-2-4-7(5-3-6)9-8(10)11;/h2-5H,1H3,(H2,9,10,11);/p-1. The average Bonchev–Trinajstić information content (AvgIpc) is 1.93. The number of benzene rings is 1. The summed E-state index contributed by atoms with van der Waals surface area (Å²) < 4.78 is 0.383. The number of rotatable bonds is 1. The third-order valence-corrected chi connectivity index (χ3v) is 1.50. The first-order valence-corrected chi connectivity index (χ1v) is 4.05. The van der Waals surface area contributed by atoms with Gasteiger partial charge in [-0.25, -0.2) is 0 Å². The number of nitrogens with one attached hydrogen (secondary N) is 1. The Hall–Kier alpha value is 0.0183. The third kappa shape index (κ3) is 4.15. The van der Waals surface area contributed by atoms with Crippen LogP contribution in [0.25, 0.3) is 0 Å². The molecule has 1 N–H and O–H groups in total. The fourth-order valence-electron chi connectivity index (χ4n) is 0.755.